The Bertz CT molecular complexity index is 578. The van der Waals surface area contributed by atoms with E-state index >= 15 is 0 Å². The summed E-state index contributed by atoms with van der Waals surface area (Å²) in [5.41, 5.74) is 0. The third-order valence-corrected chi connectivity index (χ3v) is 5.64. The molecule has 1 fully saturated rings. The lowest BCUT2D eigenvalue weighted by Gasteiger charge is -2.16. The molecule has 1 aliphatic carbocycles. The summed E-state index contributed by atoms with van der Waals surface area (Å²) in [6.07, 6.45) is 7.08. The van der Waals surface area contributed by atoms with E-state index in [-0.39, 0.29) is 4.90 Å². The molecule has 124 valence electrons. The largest absolute Gasteiger partial charge is 0.497 e. The van der Waals surface area contributed by atoms with E-state index in [0.717, 1.165) is 12.8 Å². The van der Waals surface area contributed by atoms with Crippen molar-refractivity contribution in [3.05, 3.63) is 18.2 Å². The molecule has 0 spiro atoms. The maximum absolute atomic E-state index is 12.6. The van der Waals surface area contributed by atoms with E-state index in [0.29, 0.717) is 24.0 Å². The molecule has 5 nitrogen and oxygen atoms in total. The number of sulfonamides is 1. The zero-order valence-corrected chi connectivity index (χ0v) is 14.1. The van der Waals surface area contributed by atoms with Crippen LogP contribution in [-0.4, -0.2) is 29.2 Å². The molecule has 22 heavy (non-hydrogen) atoms. The highest BCUT2D eigenvalue weighted by molar-refractivity contribution is 7.89. The Morgan fingerprint density at radius 2 is 1.77 bits per heavy atom. The predicted molar refractivity (Wildman–Crippen MR) is 85.9 cm³/mol. The summed E-state index contributed by atoms with van der Waals surface area (Å²) in [5.74, 6) is 1.25. The molecule has 0 radical (unpaired) electrons. The highest BCUT2D eigenvalue weighted by atomic mass is 32.2. The highest BCUT2D eigenvalue weighted by Gasteiger charge is 2.22. The topological polar surface area (TPSA) is 64.6 Å². The van der Waals surface area contributed by atoms with Crippen molar-refractivity contribution in [2.45, 2.75) is 43.4 Å². The molecule has 1 aliphatic rings. The summed E-state index contributed by atoms with van der Waals surface area (Å²) in [5, 5.41) is 0. The minimum Gasteiger partial charge on any atom is -0.497 e. The van der Waals surface area contributed by atoms with E-state index in [9.17, 15) is 8.42 Å². The first kappa shape index (κ1) is 17.1. The summed E-state index contributed by atoms with van der Waals surface area (Å²) in [7, 11) is -0.626. The lowest BCUT2D eigenvalue weighted by Crippen LogP contribution is -2.29. The minimum absolute atomic E-state index is 0.128. The first-order chi connectivity index (χ1) is 10.6. The van der Waals surface area contributed by atoms with Gasteiger partial charge < -0.3 is 9.47 Å². The molecule has 1 aromatic rings. The number of hydrogen-bond donors (Lipinski definition) is 1. The van der Waals surface area contributed by atoms with Gasteiger partial charge in [0.15, 0.2) is 0 Å². The Kier molecular flexibility index (Phi) is 6.08. The van der Waals surface area contributed by atoms with Crippen LogP contribution < -0.4 is 14.2 Å². The Morgan fingerprint density at radius 3 is 2.36 bits per heavy atom. The average Bonchev–Trinajstić information content (AvgIpc) is 2.81. The van der Waals surface area contributed by atoms with Crippen molar-refractivity contribution >= 4 is 10.0 Å². The van der Waals surface area contributed by atoms with Gasteiger partial charge in [-0.3, -0.25) is 0 Å². The maximum Gasteiger partial charge on any atom is 0.244 e. The minimum atomic E-state index is -3.60. The second-order valence-electron chi connectivity index (χ2n) is 5.73. The zero-order chi connectivity index (χ0) is 16.0. The van der Waals surface area contributed by atoms with Crippen LogP contribution in [0.15, 0.2) is 23.1 Å². The van der Waals surface area contributed by atoms with Crippen LogP contribution in [0.4, 0.5) is 0 Å². The third-order valence-electron chi connectivity index (χ3n) is 4.20. The fourth-order valence-electron chi connectivity index (χ4n) is 2.87. The second kappa shape index (κ2) is 7.83. The molecule has 0 unspecified atom stereocenters. The molecule has 6 heteroatoms. The fraction of sp³-hybridized carbons (Fsp3) is 0.625. The number of hydrogen-bond acceptors (Lipinski definition) is 4. The van der Waals surface area contributed by atoms with Crippen molar-refractivity contribution < 1.29 is 17.9 Å². The molecule has 2 rings (SSSR count). The Hall–Kier alpha value is -1.27. The average molecular weight is 327 g/mol. The SMILES string of the molecule is COc1ccc(OC)c(S(=O)(=O)NCC2CCCCCC2)c1. The van der Waals surface area contributed by atoms with E-state index in [4.69, 9.17) is 9.47 Å². The maximum atomic E-state index is 12.6. The first-order valence-electron chi connectivity index (χ1n) is 7.78. The Balaban J connectivity index is 2.12. The summed E-state index contributed by atoms with van der Waals surface area (Å²) < 4.78 is 38.1. The molecule has 1 saturated carbocycles. The van der Waals surface area contributed by atoms with Gasteiger partial charge in [-0.15, -0.1) is 0 Å². The summed E-state index contributed by atoms with van der Waals surface area (Å²) in [4.78, 5) is 0.128. The molecule has 0 bridgehead atoms. The van der Waals surface area contributed by atoms with Gasteiger partial charge in [0, 0.05) is 12.6 Å². The Morgan fingerprint density at radius 1 is 1.09 bits per heavy atom. The molecule has 1 aromatic carbocycles. The van der Waals surface area contributed by atoms with Gasteiger partial charge in [-0.1, -0.05) is 25.7 Å². The molecule has 0 saturated heterocycles. The van der Waals surface area contributed by atoms with Crippen LogP contribution in [0.2, 0.25) is 0 Å². The van der Waals surface area contributed by atoms with Crippen LogP contribution in [0.25, 0.3) is 0 Å². The molecule has 1 N–H and O–H groups in total. The van der Waals surface area contributed by atoms with Gasteiger partial charge in [0.2, 0.25) is 10.0 Å². The van der Waals surface area contributed by atoms with E-state index < -0.39 is 10.0 Å². The summed E-state index contributed by atoms with van der Waals surface area (Å²) >= 11 is 0. The molecule has 0 heterocycles. The van der Waals surface area contributed by atoms with Crippen molar-refractivity contribution in [3.63, 3.8) is 0 Å². The van der Waals surface area contributed by atoms with E-state index in [2.05, 4.69) is 4.72 Å². The van der Waals surface area contributed by atoms with E-state index in [1.165, 1.54) is 46.0 Å². The normalized spacial score (nSPS) is 17.0. The smallest absolute Gasteiger partial charge is 0.244 e. The van der Waals surface area contributed by atoms with Crippen molar-refractivity contribution in [2.24, 2.45) is 5.92 Å². The summed E-state index contributed by atoms with van der Waals surface area (Å²) in [6, 6.07) is 4.79. The van der Waals surface area contributed by atoms with Gasteiger partial charge in [-0.2, -0.15) is 0 Å². The lowest BCUT2D eigenvalue weighted by molar-refractivity contribution is 0.391. The van der Waals surface area contributed by atoms with Gasteiger partial charge in [0.25, 0.3) is 0 Å². The van der Waals surface area contributed by atoms with Crippen LogP contribution >= 0.6 is 0 Å². The fourth-order valence-corrected chi connectivity index (χ4v) is 4.17. The van der Waals surface area contributed by atoms with Crippen LogP contribution in [-0.2, 0) is 10.0 Å². The monoisotopic (exact) mass is 327 g/mol. The van der Waals surface area contributed by atoms with Crippen LogP contribution in [0.1, 0.15) is 38.5 Å². The molecule has 0 aromatic heterocycles. The van der Waals surface area contributed by atoms with Gasteiger partial charge >= 0.3 is 0 Å². The molecular formula is C16H25NO4S. The first-order valence-corrected chi connectivity index (χ1v) is 9.27. The van der Waals surface area contributed by atoms with Gasteiger partial charge in [-0.05, 0) is 30.9 Å². The van der Waals surface area contributed by atoms with Gasteiger partial charge in [0.1, 0.15) is 16.4 Å². The van der Waals surface area contributed by atoms with E-state index in [1.54, 1.807) is 12.1 Å². The molecular weight excluding hydrogens is 302 g/mol. The number of benzene rings is 1. The quantitative estimate of drug-likeness (QED) is 0.816. The third kappa shape index (κ3) is 4.36. The molecule has 0 amide bonds. The standard InChI is InChI=1S/C16H25NO4S/c1-20-14-9-10-15(21-2)16(11-14)22(18,19)17-12-13-7-5-3-4-6-8-13/h9-11,13,17H,3-8,12H2,1-2H3. The number of ether oxygens (including phenoxy) is 2. The number of methoxy groups -OCH3 is 2. The van der Waals surface area contributed by atoms with Gasteiger partial charge in [0.05, 0.1) is 14.2 Å². The van der Waals surface area contributed by atoms with Crippen LogP contribution in [0.3, 0.4) is 0 Å². The number of nitrogens with one attached hydrogen (secondary N) is 1. The Labute approximate surface area is 133 Å². The van der Waals surface area contributed by atoms with Crippen LogP contribution in [0, 0.1) is 5.92 Å². The lowest BCUT2D eigenvalue weighted by atomic mass is 10.0. The molecule has 0 atom stereocenters. The van der Waals surface area contributed by atoms with E-state index in [1.807, 2.05) is 0 Å². The second-order valence-corrected chi connectivity index (χ2v) is 7.46. The number of rotatable bonds is 6. The van der Waals surface area contributed by atoms with Crippen molar-refractivity contribution in [2.75, 3.05) is 20.8 Å². The van der Waals surface area contributed by atoms with Crippen LogP contribution in [0.5, 0.6) is 11.5 Å². The van der Waals surface area contributed by atoms with Crippen molar-refractivity contribution in [1.29, 1.82) is 0 Å². The summed E-state index contributed by atoms with van der Waals surface area (Å²) in [6.45, 7) is 0.489. The van der Waals surface area contributed by atoms with Crippen molar-refractivity contribution in [3.8, 4) is 11.5 Å². The molecule has 0 aliphatic heterocycles. The van der Waals surface area contributed by atoms with Gasteiger partial charge in [-0.25, -0.2) is 13.1 Å². The highest BCUT2D eigenvalue weighted by Crippen LogP contribution is 2.28. The predicted octanol–water partition coefficient (Wildman–Crippen LogP) is 2.95. The zero-order valence-electron chi connectivity index (χ0n) is 13.3. The van der Waals surface area contributed by atoms with Crippen molar-refractivity contribution in [1.82, 2.24) is 4.72 Å².